The maximum absolute atomic E-state index is 12.7. The zero-order valence-corrected chi connectivity index (χ0v) is 13.6. The van der Waals surface area contributed by atoms with Gasteiger partial charge in [0.15, 0.2) is 5.69 Å². The minimum absolute atomic E-state index is 0.0881. The third kappa shape index (κ3) is 4.67. The molecule has 21 heavy (non-hydrogen) atoms. The van der Waals surface area contributed by atoms with Gasteiger partial charge in [-0.3, -0.25) is 4.79 Å². The van der Waals surface area contributed by atoms with Crippen LogP contribution in [0.1, 0.15) is 49.9 Å². The van der Waals surface area contributed by atoms with Gasteiger partial charge < -0.3 is 15.0 Å². The molecule has 1 heterocycles. The van der Waals surface area contributed by atoms with Gasteiger partial charge in [-0.1, -0.05) is 13.8 Å². The Morgan fingerprint density at radius 2 is 2.14 bits per heavy atom. The van der Waals surface area contributed by atoms with Crippen molar-refractivity contribution in [3.05, 3.63) is 17.7 Å². The van der Waals surface area contributed by atoms with Gasteiger partial charge in [0.2, 0.25) is 0 Å². The average molecular weight is 294 g/mol. The molecule has 0 bridgehead atoms. The van der Waals surface area contributed by atoms with Crippen molar-refractivity contribution < 1.29 is 9.53 Å². The maximum Gasteiger partial charge on any atom is 0.274 e. The highest BCUT2D eigenvalue weighted by molar-refractivity contribution is 5.97. The van der Waals surface area contributed by atoms with E-state index in [-0.39, 0.29) is 11.8 Å². The van der Waals surface area contributed by atoms with Crippen LogP contribution >= 0.6 is 0 Å². The first-order chi connectivity index (χ1) is 10.0. The van der Waals surface area contributed by atoms with Crippen molar-refractivity contribution in [2.24, 2.45) is 0 Å². The van der Waals surface area contributed by atoms with Gasteiger partial charge in [-0.05, 0) is 13.8 Å². The minimum atomic E-state index is -0.0881. The number of nitrogens with zero attached hydrogens (tertiary/aromatic N) is 3. The summed E-state index contributed by atoms with van der Waals surface area (Å²) in [5.74, 6) is 0.777. The van der Waals surface area contributed by atoms with E-state index in [1.165, 1.54) is 0 Å². The molecule has 1 N–H and O–H groups in total. The highest BCUT2D eigenvalue weighted by Crippen LogP contribution is 2.18. The summed E-state index contributed by atoms with van der Waals surface area (Å²) in [6, 6.07) is 0. The first-order valence-corrected chi connectivity index (χ1v) is 7.44. The monoisotopic (exact) mass is 294 g/mol. The minimum Gasteiger partial charge on any atom is -0.383 e. The Labute approximate surface area is 126 Å². The van der Waals surface area contributed by atoms with E-state index < -0.39 is 0 Å². The molecule has 0 spiro atoms. The Hall–Kier alpha value is -1.69. The van der Waals surface area contributed by atoms with E-state index in [2.05, 4.69) is 15.3 Å². The van der Waals surface area contributed by atoms with Gasteiger partial charge >= 0.3 is 0 Å². The van der Waals surface area contributed by atoms with E-state index >= 15 is 0 Å². The van der Waals surface area contributed by atoms with Crippen LogP contribution in [0.25, 0.3) is 0 Å². The Balaban J connectivity index is 3.10. The number of anilines is 1. The number of methoxy groups -OCH3 is 1. The highest BCUT2D eigenvalue weighted by atomic mass is 16.5. The number of rotatable bonds is 8. The number of aromatic nitrogens is 2. The fraction of sp³-hybridized carbons (Fsp3) is 0.667. The third-order valence-electron chi connectivity index (χ3n) is 3.13. The summed E-state index contributed by atoms with van der Waals surface area (Å²) in [7, 11) is 1.63. The Kier molecular flexibility index (Phi) is 7.08. The van der Waals surface area contributed by atoms with Crippen molar-refractivity contribution in [1.82, 2.24) is 14.9 Å². The molecule has 1 aromatic rings. The summed E-state index contributed by atoms with van der Waals surface area (Å²) in [5, 5.41) is 3.15. The molecule has 0 saturated heterocycles. The molecule has 0 fully saturated rings. The molecule has 6 heteroatoms. The molecule has 0 aromatic carbocycles. The third-order valence-corrected chi connectivity index (χ3v) is 3.13. The lowest BCUT2D eigenvalue weighted by molar-refractivity contribution is 0.0701. The van der Waals surface area contributed by atoms with E-state index in [1.807, 2.05) is 27.7 Å². The van der Waals surface area contributed by atoms with Crippen molar-refractivity contribution in [1.29, 1.82) is 0 Å². The van der Waals surface area contributed by atoms with Gasteiger partial charge in [0.25, 0.3) is 5.91 Å². The van der Waals surface area contributed by atoms with Crippen LogP contribution in [-0.4, -0.2) is 54.1 Å². The SMILES string of the molecule is CCNc1cnc(C(C)C)nc1C(=O)N(CC)CCOC. The predicted octanol–water partition coefficient (Wildman–Crippen LogP) is 2.14. The number of amides is 1. The van der Waals surface area contributed by atoms with Crippen LogP contribution < -0.4 is 5.32 Å². The molecular weight excluding hydrogens is 268 g/mol. The molecular formula is C15H26N4O2. The standard InChI is InChI=1S/C15H26N4O2/c1-6-16-12-10-17-14(11(3)4)18-13(12)15(20)19(7-2)8-9-21-5/h10-11,16H,6-9H2,1-5H3. The second-order valence-electron chi connectivity index (χ2n) is 5.05. The van der Waals surface area contributed by atoms with Gasteiger partial charge in [-0.2, -0.15) is 0 Å². The molecule has 1 amide bonds. The topological polar surface area (TPSA) is 67.4 Å². The quantitative estimate of drug-likeness (QED) is 0.795. The van der Waals surface area contributed by atoms with Gasteiger partial charge in [0.1, 0.15) is 5.82 Å². The molecule has 0 aliphatic rings. The van der Waals surface area contributed by atoms with Crippen LogP contribution in [-0.2, 0) is 4.74 Å². The fourth-order valence-electron chi connectivity index (χ4n) is 1.91. The number of hydrogen-bond acceptors (Lipinski definition) is 5. The van der Waals surface area contributed by atoms with Crippen LogP contribution in [0.15, 0.2) is 6.20 Å². The van der Waals surface area contributed by atoms with Crippen LogP contribution in [0.5, 0.6) is 0 Å². The number of hydrogen-bond donors (Lipinski definition) is 1. The number of nitrogens with one attached hydrogen (secondary N) is 1. The van der Waals surface area contributed by atoms with E-state index in [1.54, 1.807) is 18.2 Å². The van der Waals surface area contributed by atoms with Crippen LogP contribution in [0, 0.1) is 0 Å². The number of likely N-dealkylation sites (N-methyl/N-ethyl adjacent to an activating group) is 1. The summed E-state index contributed by atoms with van der Waals surface area (Å²) < 4.78 is 5.06. The van der Waals surface area contributed by atoms with Crippen LogP contribution in [0.2, 0.25) is 0 Å². The molecule has 0 atom stereocenters. The van der Waals surface area contributed by atoms with Gasteiger partial charge in [-0.25, -0.2) is 9.97 Å². The Morgan fingerprint density at radius 3 is 2.67 bits per heavy atom. The van der Waals surface area contributed by atoms with Crippen molar-refractivity contribution in [3.8, 4) is 0 Å². The molecule has 1 rings (SSSR count). The van der Waals surface area contributed by atoms with Gasteiger partial charge in [0, 0.05) is 32.7 Å². The molecule has 0 aliphatic heterocycles. The number of carbonyl (C=O) groups excluding carboxylic acids is 1. The molecule has 0 radical (unpaired) electrons. The summed E-state index contributed by atoms with van der Waals surface area (Å²) in [6.45, 7) is 10.4. The summed E-state index contributed by atoms with van der Waals surface area (Å²) in [5.41, 5.74) is 1.12. The lowest BCUT2D eigenvalue weighted by atomic mass is 10.2. The second kappa shape index (κ2) is 8.56. The summed E-state index contributed by atoms with van der Waals surface area (Å²) in [6.07, 6.45) is 1.70. The van der Waals surface area contributed by atoms with E-state index in [9.17, 15) is 4.79 Å². The summed E-state index contributed by atoms with van der Waals surface area (Å²) in [4.78, 5) is 23.2. The van der Waals surface area contributed by atoms with Crippen LogP contribution in [0.3, 0.4) is 0 Å². The fourth-order valence-corrected chi connectivity index (χ4v) is 1.91. The van der Waals surface area contributed by atoms with E-state index in [0.29, 0.717) is 36.9 Å². The largest absolute Gasteiger partial charge is 0.383 e. The predicted molar refractivity (Wildman–Crippen MR) is 83.7 cm³/mol. The zero-order valence-electron chi connectivity index (χ0n) is 13.6. The van der Waals surface area contributed by atoms with E-state index in [0.717, 1.165) is 6.54 Å². The molecule has 0 saturated carbocycles. The van der Waals surface area contributed by atoms with Crippen molar-refractivity contribution >= 4 is 11.6 Å². The Morgan fingerprint density at radius 1 is 1.43 bits per heavy atom. The second-order valence-corrected chi connectivity index (χ2v) is 5.05. The maximum atomic E-state index is 12.7. The van der Waals surface area contributed by atoms with Crippen molar-refractivity contribution in [2.75, 3.05) is 38.7 Å². The Bertz CT molecular complexity index is 463. The van der Waals surface area contributed by atoms with Crippen LogP contribution in [0.4, 0.5) is 5.69 Å². The zero-order chi connectivity index (χ0) is 15.8. The first-order valence-electron chi connectivity index (χ1n) is 7.44. The number of carbonyl (C=O) groups is 1. The smallest absolute Gasteiger partial charge is 0.274 e. The van der Waals surface area contributed by atoms with Crippen molar-refractivity contribution in [3.63, 3.8) is 0 Å². The van der Waals surface area contributed by atoms with Crippen molar-refractivity contribution in [2.45, 2.75) is 33.6 Å². The number of ether oxygens (including phenoxy) is 1. The lowest BCUT2D eigenvalue weighted by Gasteiger charge is -2.22. The molecule has 0 aliphatic carbocycles. The van der Waals surface area contributed by atoms with Gasteiger partial charge in [-0.15, -0.1) is 0 Å². The lowest BCUT2D eigenvalue weighted by Crippen LogP contribution is -2.35. The first kappa shape index (κ1) is 17.4. The highest BCUT2D eigenvalue weighted by Gasteiger charge is 2.21. The van der Waals surface area contributed by atoms with E-state index in [4.69, 9.17) is 4.74 Å². The van der Waals surface area contributed by atoms with Gasteiger partial charge in [0.05, 0.1) is 18.5 Å². The molecule has 0 unspecified atom stereocenters. The average Bonchev–Trinajstić information content (AvgIpc) is 2.48. The summed E-state index contributed by atoms with van der Waals surface area (Å²) >= 11 is 0. The molecule has 118 valence electrons. The normalized spacial score (nSPS) is 10.8. The molecule has 1 aromatic heterocycles. The molecule has 6 nitrogen and oxygen atoms in total.